The minimum absolute atomic E-state index is 0.219. The summed E-state index contributed by atoms with van der Waals surface area (Å²) in [5.41, 5.74) is -0.465. The first-order chi connectivity index (χ1) is 8.50. The summed E-state index contributed by atoms with van der Waals surface area (Å²) in [6.07, 6.45) is 3.39. The Morgan fingerprint density at radius 3 is 2.61 bits per heavy atom. The van der Waals surface area contributed by atoms with Crippen molar-refractivity contribution in [3.63, 3.8) is 0 Å². The van der Waals surface area contributed by atoms with Gasteiger partial charge in [-0.25, -0.2) is 0 Å². The second kappa shape index (κ2) is 5.10. The number of carbonyl (C=O) groups excluding carboxylic acids is 2. The molecule has 2 fully saturated rings. The molecule has 1 aliphatic heterocycles. The average Bonchev–Trinajstić information content (AvgIpc) is 2.80. The lowest BCUT2D eigenvalue weighted by Gasteiger charge is -2.41. The average molecular weight is 254 g/mol. The standard InChI is InChI=1S/C14H22O4/c1-3-11(15)4-6-13(2)10-14(7-5-12(13)16)17-8-9-18-14/h3-10H2,1-2H3/t13-/m1/s1. The van der Waals surface area contributed by atoms with Crippen molar-refractivity contribution in [3.05, 3.63) is 0 Å². The first kappa shape index (κ1) is 13.7. The normalized spacial score (nSPS) is 30.9. The van der Waals surface area contributed by atoms with Crippen molar-refractivity contribution in [1.29, 1.82) is 0 Å². The SMILES string of the molecule is CCC(=O)CC[C@]1(C)CC2(CCC1=O)OCCO2. The summed E-state index contributed by atoms with van der Waals surface area (Å²) >= 11 is 0. The molecular weight excluding hydrogens is 232 g/mol. The monoisotopic (exact) mass is 254 g/mol. The Hall–Kier alpha value is -0.740. The molecule has 4 nitrogen and oxygen atoms in total. The highest BCUT2D eigenvalue weighted by Gasteiger charge is 2.50. The van der Waals surface area contributed by atoms with Crippen molar-refractivity contribution in [2.75, 3.05) is 13.2 Å². The molecule has 1 aliphatic carbocycles. The summed E-state index contributed by atoms with van der Waals surface area (Å²) < 4.78 is 11.4. The van der Waals surface area contributed by atoms with Gasteiger partial charge in [-0.1, -0.05) is 13.8 Å². The van der Waals surface area contributed by atoms with E-state index in [1.54, 1.807) is 0 Å². The highest BCUT2D eigenvalue weighted by atomic mass is 16.7. The Morgan fingerprint density at radius 1 is 1.33 bits per heavy atom. The number of hydrogen-bond acceptors (Lipinski definition) is 4. The zero-order valence-corrected chi connectivity index (χ0v) is 11.3. The lowest BCUT2D eigenvalue weighted by Crippen LogP contribution is -2.46. The molecule has 1 saturated heterocycles. The van der Waals surface area contributed by atoms with Crippen LogP contribution in [0.1, 0.15) is 52.4 Å². The van der Waals surface area contributed by atoms with Crippen molar-refractivity contribution >= 4 is 11.6 Å². The first-order valence-electron chi connectivity index (χ1n) is 6.83. The van der Waals surface area contributed by atoms with E-state index < -0.39 is 11.2 Å². The van der Waals surface area contributed by atoms with E-state index >= 15 is 0 Å². The number of ether oxygens (including phenoxy) is 2. The molecule has 0 aromatic heterocycles. The van der Waals surface area contributed by atoms with Crippen LogP contribution in [0.3, 0.4) is 0 Å². The molecule has 1 atom stereocenters. The fraction of sp³-hybridized carbons (Fsp3) is 0.857. The molecule has 0 radical (unpaired) electrons. The van der Waals surface area contributed by atoms with Crippen LogP contribution in [0.5, 0.6) is 0 Å². The van der Waals surface area contributed by atoms with Crippen LogP contribution in [0.2, 0.25) is 0 Å². The van der Waals surface area contributed by atoms with E-state index in [0.717, 1.165) is 0 Å². The maximum Gasteiger partial charge on any atom is 0.169 e. The number of Topliss-reactive ketones (excluding diaryl/α,β-unsaturated/α-hetero) is 2. The summed E-state index contributed by atoms with van der Waals surface area (Å²) in [5, 5.41) is 0. The van der Waals surface area contributed by atoms with Gasteiger partial charge >= 0.3 is 0 Å². The van der Waals surface area contributed by atoms with Gasteiger partial charge in [-0.05, 0) is 6.42 Å². The summed E-state index contributed by atoms with van der Waals surface area (Å²) in [7, 11) is 0. The van der Waals surface area contributed by atoms with Crippen LogP contribution in [0.25, 0.3) is 0 Å². The van der Waals surface area contributed by atoms with Gasteiger partial charge in [-0.3, -0.25) is 9.59 Å². The molecule has 1 saturated carbocycles. The summed E-state index contributed by atoms with van der Waals surface area (Å²) in [6.45, 7) is 5.03. The fourth-order valence-corrected chi connectivity index (χ4v) is 2.95. The van der Waals surface area contributed by atoms with Gasteiger partial charge in [0.2, 0.25) is 0 Å². The quantitative estimate of drug-likeness (QED) is 0.772. The van der Waals surface area contributed by atoms with Gasteiger partial charge in [0.15, 0.2) is 5.79 Å². The first-order valence-corrected chi connectivity index (χ1v) is 6.83. The third kappa shape index (κ3) is 2.64. The molecule has 18 heavy (non-hydrogen) atoms. The Bertz CT molecular complexity index is 344. The highest BCUT2D eigenvalue weighted by molar-refractivity contribution is 5.86. The van der Waals surface area contributed by atoms with Crippen LogP contribution in [0.15, 0.2) is 0 Å². The minimum atomic E-state index is -0.558. The topological polar surface area (TPSA) is 52.6 Å². The molecule has 0 bridgehead atoms. The molecule has 0 aromatic carbocycles. The molecule has 0 unspecified atom stereocenters. The highest BCUT2D eigenvalue weighted by Crippen LogP contribution is 2.45. The van der Waals surface area contributed by atoms with Gasteiger partial charge < -0.3 is 9.47 Å². The Balaban J connectivity index is 2.03. The fourth-order valence-electron chi connectivity index (χ4n) is 2.95. The number of hydrogen-bond donors (Lipinski definition) is 0. The van der Waals surface area contributed by atoms with Crippen molar-refractivity contribution in [3.8, 4) is 0 Å². The second-order valence-electron chi connectivity index (χ2n) is 5.66. The van der Waals surface area contributed by atoms with Gasteiger partial charge in [-0.15, -0.1) is 0 Å². The van der Waals surface area contributed by atoms with Crippen molar-refractivity contribution in [1.82, 2.24) is 0 Å². The molecule has 2 aliphatic rings. The summed E-state index contributed by atoms with van der Waals surface area (Å²) in [4.78, 5) is 23.6. The predicted octanol–water partition coefficient (Wildman–Crippen LogP) is 2.25. The maximum atomic E-state index is 12.1. The third-order valence-corrected chi connectivity index (χ3v) is 4.23. The van der Waals surface area contributed by atoms with Gasteiger partial charge in [0.05, 0.1) is 13.2 Å². The predicted molar refractivity (Wildman–Crippen MR) is 66.1 cm³/mol. The Labute approximate surface area is 108 Å². The summed E-state index contributed by atoms with van der Waals surface area (Å²) in [5.74, 6) is -0.0918. The van der Waals surface area contributed by atoms with Crippen LogP contribution in [-0.2, 0) is 19.1 Å². The molecule has 1 spiro atoms. The van der Waals surface area contributed by atoms with Crippen molar-refractivity contribution in [2.45, 2.75) is 58.2 Å². The van der Waals surface area contributed by atoms with E-state index in [2.05, 4.69) is 0 Å². The number of rotatable bonds is 4. The molecule has 102 valence electrons. The van der Waals surface area contributed by atoms with Crippen LogP contribution in [-0.4, -0.2) is 30.6 Å². The van der Waals surface area contributed by atoms with E-state index in [9.17, 15) is 9.59 Å². The zero-order chi connectivity index (χ0) is 13.2. The van der Waals surface area contributed by atoms with E-state index in [4.69, 9.17) is 9.47 Å². The Kier molecular flexibility index (Phi) is 3.87. The summed E-state index contributed by atoms with van der Waals surface area (Å²) in [6, 6.07) is 0. The largest absolute Gasteiger partial charge is 0.347 e. The van der Waals surface area contributed by atoms with E-state index in [1.165, 1.54) is 0 Å². The Morgan fingerprint density at radius 2 is 2.00 bits per heavy atom. The molecule has 0 aromatic rings. The van der Waals surface area contributed by atoms with Crippen LogP contribution >= 0.6 is 0 Å². The molecular formula is C14H22O4. The molecule has 0 N–H and O–H groups in total. The van der Waals surface area contributed by atoms with E-state index in [1.807, 2.05) is 13.8 Å². The van der Waals surface area contributed by atoms with Crippen molar-refractivity contribution in [2.24, 2.45) is 5.41 Å². The minimum Gasteiger partial charge on any atom is -0.347 e. The molecule has 0 amide bonds. The number of ketones is 2. The molecule has 4 heteroatoms. The van der Waals surface area contributed by atoms with E-state index in [-0.39, 0.29) is 11.6 Å². The lowest BCUT2D eigenvalue weighted by molar-refractivity contribution is -0.201. The van der Waals surface area contributed by atoms with Crippen LogP contribution in [0, 0.1) is 5.41 Å². The van der Waals surface area contributed by atoms with Gasteiger partial charge in [0.1, 0.15) is 11.6 Å². The van der Waals surface area contributed by atoms with E-state index in [0.29, 0.717) is 51.7 Å². The lowest BCUT2D eigenvalue weighted by atomic mass is 9.69. The van der Waals surface area contributed by atoms with Crippen LogP contribution < -0.4 is 0 Å². The maximum absolute atomic E-state index is 12.1. The third-order valence-electron chi connectivity index (χ3n) is 4.23. The second-order valence-corrected chi connectivity index (χ2v) is 5.66. The van der Waals surface area contributed by atoms with Crippen LogP contribution in [0.4, 0.5) is 0 Å². The van der Waals surface area contributed by atoms with Gasteiger partial charge in [0, 0.05) is 37.5 Å². The number of carbonyl (C=O) groups is 2. The zero-order valence-electron chi connectivity index (χ0n) is 11.3. The van der Waals surface area contributed by atoms with Gasteiger partial charge in [-0.2, -0.15) is 0 Å². The molecule has 1 heterocycles. The molecule has 2 rings (SSSR count). The van der Waals surface area contributed by atoms with Gasteiger partial charge in [0.25, 0.3) is 0 Å². The van der Waals surface area contributed by atoms with Crippen molar-refractivity contribution < 1.29 is 19.1 Å². The smallest absolute Gasteiger partial charge is 0.169 e.